The second-order valence-corrected chi connectivity index (χ2v) is 7.95. The highest BCUT2D eigenvalue weighted by Gasteiger charge is 2.24. The van der Waals surface area contributed by atoms with Crippen molar-refractivity contribution < 1.29 is 9.69 Å². The number of likely N-dealkylation sites (tertiary alicyclic amines) is 1. The van der Waals surface area contributed by atoms with Gasteiger partial charge in [0.15, 0.2) is 6.54 Å². The molecule has 4 heteroatoms. The third-order valence-corrected chi connectivity index (χ3v) is 5.64. The minimum Gasteiger partial charge on any atom is -0.327 e. The second-order valence-electron chi connectivity index (χ2n) is 7.09. The molecule has 2 aromatic rings. The van der Waals surface area contributed by atoms with Crippen molar-refractivity contribution in [2.24, 2.45) is 5.92 Å². The Hall–Kier alpha value is -1.65. The molecule has 0 atom stereocenters. The van der Waals surface area contributed by atoms with E-state index in [1.165, 1.54) is 28.9 Å². The maximum Gasteiger partial charge on any atom is 0.279 e. The molecule has 1 heterocycles. The van der Waals surface area contributed by atoms with Gasteiger partial charge in [-0.1, -0.05) is 36.4 Å². The first kappa shape index (κ1) is 18.2. The number of quaternary nitrogens is 1. The smallest absolute Gasteiger partial charge is 0.279 e. The van der Waals surface area contributed by atoms with E-state index < -0.39 is 0 Å². The zero-order valence-electron chi connectivity index (χ0n) is 14.7. The molecule has 2 N–H and O–H groups in total. The molecule has 1 fully saturated rings. The van der Waals surface area contributed by atoms with Gasteiger partial charge in [0.05, 0.1) is 18.8 Å². The average Bonchev–Trinajstić information content (AvgIpc) is 2.60. The summed E-state index contributed by atoms with van der Waals surface area (Å²) in [6, 6.07) is 16.7. The van der Waals surface area contributed by atoms with E-state index in [1.54, 1.807) is 0 Å². The van der Waals surface area contributed by atoms with Crippen molar-refractivity contribution in [1.29, 1.82) is 0 Å². The van der Waals surface area contributed by atoms with Crippen LogP contribution in [0.25, 0.3) is 0 Å². The Labute approximate surface area is 158 Å². The Balaban J connectivity index is 1.44. The number of benzene rings is 2. The van der Waals surface area contributed by atoms with Gasteiger partial charge in [0.1, 0.15) is 0 Å². The van der Waals surface area contributed by atoms with Crippen molar-refractivity contribution in [3.8, 4) is 0 Å². The predicted octanol–water partition coefficient (Wildman–Crippen LogP) is 3.23. The molecule has 0 spiro atoms. The van der Waals surface area contributed by atoms with Crippen LogP contribution in [0.15, 0.2) is 53.0 Å². The minimum atomic E-state index is 0.0982. The van der Waals surface area contributed by atoms with E-state index in [-0.39, 0.29) is 5.91 Å². The fourth-order valence-electron chi connectivity index (χ4n) is 3.56. The molecule has 132 valence electrons. The normalized spacial score (nSPS) is 20.2. The maximum absolute atomic E-state index is 12.3. The molecule has 2 aromatic carbocycles. The zero-order valence-corrected chi connectivity index (χ0v) is 16.3. The summed E-state index contributed by atoms with van der Waals surface area (Å²) in [5, 5.41) is 3.03. The first-order valence-corrected chi connectivity index (χ1v) is 9.83. The lowest BCUT2D eigenvalue weighted by Crippen LogP contribution is -3.14. The lowest BCUT2D eigenvalue weighted by atomic mass is 9.90. The molecule has 1 aliphatic rings. The van der Waals surface area contributed by atoms with Gasteiger partial charge in [-0.05, 0) is 71.3 Å². The fraction of sp³-hybridized carbons (Fsp3) is 0.381. The van der Waals surface area contributed by atoms with Gasteiger partial charge in [-0.2, -0.15) is 0 Å². The number of aryl methyl sites for hydroxylation is 1. The second kappa shape index (κ2) is 8.63. The van der Waals surface area contributed by atoms with Gasteiger partial charge < -0.3 is 10.2 Å². The van der Waals surface area contributed by atoms with E-state index in [0.29, 0.717) is 6.54 Å². The lowest BCUT2D eigenvalue weighted by Gasteiger charge is -2.29. The quantitative estimate of drug-likeness (QED) is 0.791. The summed E-state index contributed by atoms with van der Waals surface area (Å²) in [4.78, 5) is 13.7. The third-order valence-electron chi connectivity index (χ3n) is 4.99. The molecular formula is C21H26BrN2O+. The van der Waals surface area contributed by atoms with Crippen LogP contribution < -0.4 is 10.2 Å². The van der Waals surface area contributed by atoms with E-state index in [4.69, 9.17) is 0 Å². The van der Waals surface area contributed by atoms with Crippen LogP contribution in [0, 0.1) is 12.8 Å². The maximum atomic E-state index is 12.3. The summed E-state index contributed by atoms with van der Waals surface area (Å²) in [6.07, 6.45) is 3.56. The van der Waals surface area contributed by atoms with E-state index in [9.17, 15) is 4.79 Å². The van der Waals surface area contributed by atoms with Crippen LogP contribution in [0.3, 0.4) is 0 Å². The molecule has 3 nitrogen and oxygen atoms in total. The van der Waals surface area contributed by atoms with Crippen molar-refractivity contribution in [3.05, 3.63) is 64.1 Å². The topological polar surface area (TPSA) is 33.5 Å². The Morgan fingerprint density at radius 2 is 1.88 bits per heavy atom. The number of anilines is 1. The minimum absolute atomic E-state index is 0.0982. The van der Waals surface area contributed by atoms with E-state index in [2.05, 4.69) is 51.6 Å². The summed E-state index contributed by atoms with van der Waals surface area (Å²) in [7, 11) is 0. The monoisotopic (exact) mass is 401 g/mol. The first-order chi connectivity index (χ1) is 12.1. The number of carbonyl (C=O) groups is 1. The molecule has 0 aliphatic carbocycles. The molecule has 0 bridgehead atoms. The fourth-order valence-corrected chi connectivity index (χ4v) is 4.15. The van der Waals surface area contributed by atoms with Crippen molar-refractivity contribution in [3.63, 3.8) is 0 Å². The number of rotatable bonds is 5. The molecule has 0 saturated carbocycles. The molecule has 0 unspecified atom stereocenters. The largest absolute Gasteiger partial charge is 0.327 e. The summed E-state index contributed by atoms with van der Waals surface area (Å²) in [5.41, 5.74) is 3.46. The average molecular weight is 402 g/mol. The number of carbonyl (C=O) groups excluding carboxylic acids is 1. The number of nitrogens with one attached hydrogen (secondary N) is 2. The van der Waals surface area contributed by atoms with Crippen LogP contribution in [0.2, 0.25) is 0 Å². The Kier molecular flexibility index (Phi) is 6.27. The van der Waals surface area contributed by atoms with E-state index in [0.717, 1.165) is 35.6 Å². The van der Waals surface area contributed by atoms with Crippen molar-refractivity contribution in [2.45, 2.75) is 26.2 Å². The van der Waals surface area contributed by atoms with Gasteiger partial charge >= 0.3 is 0 Å². The molecular weight excluding hydrogens is 376 g/mol. The molecule has 1 aliphatic heterocycles. The van der Waals surface area contributed by atoms with Crippen molar-refractivity contribution in [2.75, 3.05) is 25.0 Å². The number of hydrogen-bond acceptors (Lipinski definition) is 1. The van der Waals surface area contributed by atoms with E-state index >= 15 is 0 Å². The SMILES string of the molecule is Cc1ccc(NC(=O)C[NH+]2CCC(Cc3ccccc3)CC2)c(Br)c1. The molecule has 25 heavy (non-hydrogen) atoms. The molecule has 1 saturated heterocycles. The van der Waals surface area contributed by atoms with Crippen LogP contribution in [0.4, 0.5) is 5.69 Å². The molecule has 0 aromatic heterocycles. The Morgan fingerprint density at radius 1 is 1.16 bits per heavy atom. The Morgan fingerprint density at radius 3 is 2.56 bits per heavy atom. The highest BCUT2D eigenvalue weighted by atomic mass is 79.9. The standard InChI is InChI=1S/C21H25BrN2O/c1-16-7-8-20(19(22)13-16)23-21(25)15-24-11-9-18(10-12-24)14-17-5-3-2-4-6-17/h2-8,13,18H,9-12,14-15H2,1H3,(H,23,25)/p+1. The first-order valence-electron chi connectivity index (χ1n) is 9.03. The zero-order chi connectivity index (χ0) is 17.6. The lowest BCUT2D eigenvalue weighted by molar-refractivity contribution is -0.898. The van der Waals surface area contributed by atoms with Gasteiger partial charge in [0, 0.05) is 4.47 Å². The van der Waals surface area contributed by atoms with Gasteiger partial charge in [0.2, 0.25) is 0 Å². The molecule has 1 amide bonds. The molecule has 3 rings (SSSR count). The van der Waals surface area contributed by atoms with Crippen LogP contribution in [-0.4, -0.2) is 25.5 Å². The van der Waals surface area contributed by atoms with Gasteiger partial charge in [-0.15, -0.1) is 0 Å². The number of piperidine rings is 1. The van der Waals surface area contributed by atoms with Crippen LogP contribution >= 0.6 is 15.9 Å². The number of amides is 1. The van der Waals surface area contributed by atoms with Crippen molar-refractivity contribution in [1.82, 2.24) is 0 Å². The van der Waals surface area contributed by atoms with Crippen LogP contribution in [-0.2, 0) is 11.2 Å². The summed E-state index contributed by atoms with van der Waals surface area (Å²) >= 11 is 3.52. The summed E-state index contributed by atoms with van der Waals surface area (Å²) in [6.45, 7) is 4.76. The highest BCUT2D eigenvalue weighted by molar-refractivity contribution is 9.10. The summed E-state index contributed by atoms with van der Waals surface area (Å²) in [5.74, 6) is 0.849. The highest BCUT2D eigenvalue weighted by Crippen LogP contribution is 2.23. The predicted molar refractivity (Wildman–Crippen MR) is 106 cm³/mol. The summed E-state index contributed by atoms with van der Waals surface area (Å²) < 4.78 is 0.942. The molecule has 0 radical (unpaired) electrons. The number of halogens is 1. The van der Waals surface area contributed by atoms with Gasteiger partial charge in [-0.3, -0.25) is 4.79 Å². The van der Waals surface area contributed by atoms with Crippen LogP contribution in [0.5, 0.6) is 0 Å². The van der Waals surface area contributed by atoms with Gasteiger partial charge in [0.25, 0.3) is 5.91 Å². The number of hydrogen-bond donors (Lipinski definition) is 2. The third kappa shape index (κ3) is 5.41. The van der Waals surface area contributed by atoms with Gasteiger partial charge in [-0.25, -0.2) is 0 Å². The Bertz CT molecular complexity index is 709. The van der Waals surface area contributed by atoms with Crippen molar-refractivity contribution >= 4 is 27.5 Å². The van der Waals surface area contributed by atoms with E-state index in [1.807, 2.05) is 25.1 Å². The van der Waals surface area contributed by atoms with Crippen LogP contribution in [0.1, 0.15) is 24.0 Å².